The molecule has 0 aliphatic carbocycles. The van der Waals surface area contributed by atoms with Crippen molar-refractivity contribution in [3.63, 3.8) is 0 Å². The summed E-state index contributed by atoms with van der Waals surface area (Å²) in [6.45, 7) is 5.88. The molecule has 0 bridgehead atoms. The van der Waals surface area contributed by atoms with Gasteiger partial charge in [-0.2, -0.15) is 5.10 Å². The van der Waals surface area contributed by atoms with E-state index in [2.05, 4.69) is 26.8 Å². The van der Waals surface area contributed by atoms with Crippen LogP contribution in [0.1, 0.15) is 40.4 Å². The molecule has 1 atom stereocenters. The number of imidazole rings is 1. The Bertz CT molecular complexity index is 896. The number of nitrogens with zero attached hydrogens (tertiary/aromatic N) is 5. The van der Waals surface area contributed by atoms with Crippen LogP contribution in [0.15, 0.2) is 48.9 Å². The lowest BCUT2D eigenvalue weighted by molar-refractivity contribution is 0.0583. The van der Waals surface area contributed by atoms with Crippen LogP contribution in [0, 0.1) is 6.92 Å². The van der Waals surface area contributed by atoms with Crippen molar-refractivity contribution in [2.24, 2.45) is 0 Å². The standard InChI is InChI=1S/C19H21N5O/c1-3-23-11-16(14(2)21-23)19(25)24-13-18-20-9-10-22(18)12-17(24)15-7-5-4-6-8-15/h4-11,17H,3,12-13H2,1-2H3/t17-/m1/s1. The van der Waals surface area contributed by atoms with Crippen LogP contribution in [-0.2, 0) is 19.6 Å². The number of aryl methyl sites for hydroxylation is 2. The second-order valence-corrected chi connectivity index (χ2v) is 6.34. The highest BCUT2D eigenvalue weighted by atomic mass is 16.2. The molecule has 6 nitrogen and oxygen atoms in total. The van der Waals surface area contributed by atoms with Gasteiger partial charge in [0.15, 0.2) is 0 Å². The van der Waals surface area contributed by atoms with Crippen LogP contribution < -0.4 is 0 Å². The zero-order valence-electron chi connectivity index (χ0n) is 14.5. The molecule has 1 aliphatic rings. The Morgan fingerprint density at radius 2 is 2.08 bits per heavy atom. The minimum absolute atomic E-state index is 0.0141. The van der Waals surface area contributed by atoms with Crippen LogP contribution in [0.3, 0.4) is 0 Å². The van der Waals surface area contributed by atoms with Gasteiger partial charge in [-0.25, -0.2) is 4.98 Å². The molecule has 0 unspecified atom stereocenters. The second kappa shape index (κ2) is 6.20. The molecule has 3 aromatic rings. The lowest BCUT2D eigenvalue weighted by Gasteiger charge is -2.36. The van der Waals surface area contributed by atoms with Crippen molar-refractivity contribution >= 4 is 5.91 Å². The van der Waals surface area contributed by atoms with Crippen molar-refractivity contribution in [1.29, 1.82) is 0 Å². The SMILES string of the molecule is CCn1cc(C(=O)N2Cc3nccn3C[C@@H]2c2ccccc2)c(C)n1. The Morgan fingerprint density at radius 1 is 1.28 bits per heavy atom. The van der Waals surface area contributed by atoms with Gasteiger partial charge in [0.2, 0.25) is 0 Å². The number of carbonyl (C=O) groups excluding carboxylic acids is 1. The molecular formula is C19H21N5O. The molecule has 0 N–H and O–H groups in total. The maximum Gasteiger partial charge on any atom is 0.258 e. The summed E-state index contributed by atoms with van der Waals surface area (Å²) in [4.78, 5) is 19.6. The van der Waals surface area contributed by atoms with Crippen molar-refractivity contribution in [3.8, 4) is 0 Å². The third-order valence-electron chi connectivity index (χ3n) is 4.81. The molecular weight excluding hydrogens is 314 g/mol. The van der Waals surface area contributed by atoms with Gasteiger partial charge in [-0.15, -0.1) is 0 Å². The monoisotopic (exact) mass is 335 g/mol. The van der Waals surface area contributed by atoms with Crippen LogP contribution in [0.25, 0.3) is 0 Å². The normalized spacial score (nSPS) is 16.7. The molecule has 4 rings (SSSR count). The predicted octanol–water partition coefficient (Wildman–Crippen LogP) is 2.81. The molecule has 0 saturated heterocycles. The van der Waals surface area contributed by atoms with Crippen molar-refractivity contribution in [2.75, 3.05) is 0 Å². The number of aromatic nitrogens is 4. The maximum absolute atomic E-state index is 13.3. The third kappa shape index (κ3) is 2.73. The fraction of sp³-hybridized carbons (Fsp3) is 0.316. The largest absolute Gasteiger partial charge is 0.331 e. The van der Waals surface area contributed by atoms with Crippen LogP contribution in [-0.4, -0.2) is 30.1 Å². The smallest absolute Gasteiger partial charge is 0.258 e. The third-order valence-corrected chi connectivity index (χ3v) is 4.81. The van der Waals surface area contributed by atoms with E-state index in [1.54, 1.807) is 6.20 Å². The summed E-state index contributed by atoms with van der Waals surface area (Å²) in [5, 5.41) is 4.43. The zero-order valence-corrected chi connectivity index (χ0v) is 14.5. The molecule has 3 heterocycles. The van der Waals surface area contributed by atoms with Crippen molar-refractivity contribution in [1.82, 2.24) is 24.2 Å². The van der Waals surface area contributed by atoms with Gasteiger partial charge in [0.1, 0.15) is 5.82 Å². The molecule has 25 heavy (non-hydrogen) atoms. The van der Waals surface area contributed by atoms with Gasteiger partial charge >= 0.3 is 0 Å². The first-order valence-corrected chi connectivity index (χ1v) is 8.57. The number of rotatable bonds is 3. The van der Waals surface area contributed by atoms with Gasteiger partial charge in [0.25, 0.3) is 5.91 Å². The first-order valence-electron chi connectivity index (χ1n) is 8.57. The fourth-order valence-electron chi connectivity index (χ4n) is 3.42. The Labute approximate surface area is 146 Å². The summed E-state index contributed by atoms with van der Waals surface area (Å²) in [7, 11) is 0. The molecule has 0 fully saturated rings. The van der Waals surface area contributed by atoms with E-state index in [9.17, 15) is 4.79 Å². The molecule has 0 saturated carbocycles. The average Bonchev–Trinajstić information content (AvgIpc) is 3.26. The number of hydrogen-bond donors (Lipinski definition) is 0. The number of carbonyl (C=O) groups is 1. The summed E-state index contributed by atoms with van der Waals surface area (Å²) in [6.07, 6.45) is 5.62. The number of amides is 1. The second-order valence-electron chi connectivity index (χ2n) is 6.34. The molecule has 1 aromatic carbocycles. The zero-order chi connectivity index (χ0) is 17.4. The highest BCUT2D eigenvalue weighted by molar-refractivity contribution is 5.95. The van der Waals surface area contributed by atoms with E-state index in [4.69, 9.17) is 0 Å². The summed E-state index contributed by atoms with van der Waals surface area (Å²) in [5.74, 6) is 0.932. The van der Waals surface area contributed by atoms with Gasteiger partial charge in [-0.05, 0) is 19.4 Å². The van der Waals surface area contributed by atoms with Gasteiger partial charge in [0, 0.05) is 31.7 Å². The van der Waals surface area contributed by atoms with Crippen molar-refractivity contribution in [3.05, 3.63) is 71.6 Å². The van der Waals surface area contributed by atoms with E-state index >= 15 is 0 Å². The molecule has 0 spiro atoms. The average molecular weight is 335 g/mol. The Hall–Kier alpha value is -2.89. The fourth-order valence-corrected chi connectivity index (χ4v) is 3.42. The first kappa shape index (κ1) is 15.6. The Balaban J connectivity index is 1.74. The molecule has 2 aromatic heterocycles. The van der Waals surface area contributed by atoms with Crippen LogP contribution in [0.2, 0.25) is 0 Å². The maximum atomic E-state index is 13.3. The van der Waals surface area contributed by atoms with Crippen molar-refractivity contribution < 1.29 is 4.79 Å². The number of hydrogen-bond acceptors (Lipinski definition) is 3. The van der Waals surface area contributed by atoms with E-state index in [1.165, 1.54) is 0 Å². The summed E-state index contributed by atoms with van der Waals surface area (Å²) < 4.78 is 3.94. The lowest BCUT2D eigenvalue weighted by Crippen LogP contribution is -2.41. The molecule has 1 amide bonds. The van der Waals surface area contributed by atoms with Crippen LogP contribution in [0.4, 0.5) is 0 Å². The molecule has 1 aliphatic heterocycles. The predicted molar refractivity (Wildman–Crippen MR) is 93.9 cm³/mol. The highest BCUT2D eigenvalue weighted by Crippen LogP contribution is 2.30. The van der Waals surface area contributed by atoms with Crippen molar-refractivity contribution in [2.45, 2.75) is 39.5 Å². The summed E-state index contributed by atoms with van der Waals surface area (Å²) >= 11 is 0. The van der Waals surface area contributed by atoms with Gasteiger partial charge in [-0.3, -0.25) is 9.48 Å². The van der Waals surface area contributed by atoms with Gasteiger partial charge in [-0.1, -0.05) is 30.3 Å². The quantitative estimate of drug-likeness (QED) is 0.739. The highest BCUT2D eigenvalue weighted by Gasteiger charge is 2.33. The van der Waals surface area contributed by atoms with E-state index in [-0.39, 0.29) is 11.9 Å². The topological polar surface area (TPSA) is 56.0 Å². The summed E-state index contributed by atoms with van der Waals surface area (Å²) in [5.41, 5.74) is 2.58. The van der Waals surface area contributed by atoms with Gasteiger partial charge in [0.05, 0.1) is 23.8 Å². The lowest BCUT2D eigenvalue weighted by atomic mass is 10.0. The summed E-state index contributed by atoms with van der Waals surface area (Å²) in [6, 6.07) is 10.2. The molecule has 6 heteroatoms. The van der Waals surface area contributed by atoms with E-state index < -0.39 is 0 Å². The minimum Gasteiger partial charge on any atom is -0.331 e. The molecule has 128 valence electrons. The number of benzene rings is 1. The Morgan fingerprint density at radius 3 is 2.80 bits per heavy atom. The van der Waals surface area contributed by atoms with E-state index in [0.29, 0.717) is 18.7 Å². The minimum atomic E-state index is -0.0141. The first-order chi connectivity index (χ1) is 12.2. The Kier molecular flexibility index (Phi) is 3.87. The number of fused-ring (bicyclic) bond motifs is 1. The molecule has 0 radical (unpaired) electrons. The van der Waals surface area contributed by atoms with E-state index in [0.717, 1.165) is 23.6 Å². The van der Waals surface area contributed by atoms with Gasteiger partial charge < -0.3 is 9.47 Å². The van der Waals surface area contributed by atoms with Crippen LogP contribution >= 0.6 is 0 Å². The van der Waals surface area contributed by atoms with Crippen LogP contribution in [0.5, 0.6) is 0 Å². The van der Waals surface area contributed by atoms with E-state index in [1.807, 2.05) is 54.0 Å².